The minimum absolute atomic E-state index is 0.361. The van der Waals surface area contributed by atoms with E-state index in [9.17, 15) is 8.42 Å². The van der Waals surface area contributed by atoms with Crippen molar-refractivity contribution < 1.29 is 8.42 Å². The molecule has 2 fully saturated rings. The Morgan fingerprint density at radius 3 is 2.67 bits per heavy atom. The normalized spacial score (nSPS) is 28.2. The Morgan fingerprint density at radius 1 is 1.33 bits per heavy atom. The van der Waals surface area contributed by atoms with E-state index in [4.69, 9.17) is 11.6 Å². The molecule has 0 aromatic heterocycles. The highest BCUT2D eigenvalue weighted by molar-refractivity contribution is 7.88. The molecule has 2 atom stereocenters. The lowest BCUT2D eigenvalue weighted by Gasteiger charge is -2.31. The number of hydrogen-bond acceptors (Lipinski definition) is 2. The van der Waals surface area contributed by atoms with E-state index in [2.05, 4.69) is 0 Å². The third-order valence-corrected chi connectivity index (χ3v) is 6.02. The average Bonchev–Trinajstić information content (AvgIpc) is 3.12. The van der Waals surface area contributed by atoms with Crippen molar-refractivity contribution in [3.63, 3.8) is 0 Å². The minimum atomic E-state index is -3.00. The molecular weight excluding hydrogens is 270 g/mol. The molecule has 0 radical (unpaired) electrons. The van der Waals surface area contributed by atoms with E-state index >= 15 is 0 Å². The first-order chi connectivity index (χ1) is 8.47. The Morgan fingerprint density at radius 2 is 2.06 bits per heavy atom. The van der Waals surface area contributed by atoms with Crippen molar-refractivity contribution in [2.24, 2.45) is 11.8 Å². The molecule has 2 unspecified atom stereocenters. The zero-order valence-electron chi connectivity index (χ0n) is 11.1. The molecule has 0 bridgehead atoms. The standard InChI is InChI=1S/C13H24ClNO2S/c1-18(16,17)15-9-3-5-11(10-15)4-2-6-13(14)12-7-8-12/h11-13H,2-10H2,1H3. The Kier molecular flexibility index (Phi) is 4.95. The number of rotatable bonds is 6. The van der Waals surface area contributed by atoms with Crippen LogP contribution in [0.25, 0.3) is 0 Å². The second kappa shape index (κ2) is 6.10. The van der Waals surface area contributed by atoms with Gasteiger partial charge in [-0.3, -0.25) is 0 Å². The topological polar surface area (TPSA) is 37.4 Å². The van der Waals surface area contributed by atoms with E-state index in [1.807, 2.05) is 0 Å². The summed E-state index contributed by atoms with van der Waals surface area (Å²) >= 11 is 6.29. The second-order valence-electron chi connectivity index (χ2n) is 5.91. The summed E-state index contributed by atoms with van der Waals surface area (Å²) in [6.07, 6.45) is 9.47. The van der Waals surface area contributed by atoms with Crippen LogP contribution in [-0.2, 0) is 10.0 Å². The predicted octanol–water partition coefficient (Wildman–Crippen LogP) is 2.85. The van der Waals surface area contributed by atoms with Gasteiger partial charge in [-0.1, -0.05) is 6.42 Å². The van der Waals surface area contributed by atoms with Crippen molar-refractivity contribution in [3.8, 4) is 0 Å². The second-order valence-corrected chi connectivity index (χ2v) is 8.46. The molecule has 1 saturated heterocycles. The largest absolute Gasteiger partial charge is 0.213 e. The molecule has 0 spiro atoms. The van der Waals surface area contributed by atoms with Gasteiger partial charge in [0.25, 0.3) is 0 Å². The summed E-state index contributed by atoms with van der Waals surface area (Å²) in [7, 11) is -3.00. The maximum atomic E-state index is 11.5. The van der Waals surface area contributed by atoms with Crippen LogP contribution in [0.5, 0.6) is 0 Å². The average molecular weight is 294 g/mol. The highest BCUT2D eigenvalue weighted by Gasteiger charge is 2.30. The number of nitrogens with zero attached hydrogens (tertiary/aromatic N) is 1. The molecule has 3 nitrogen and oxygen atoms in total. The van der Waals surface area contributed by atoms with Gasteiger partial charge >= 0.3 is 0 Å². The highest BCUT2D eigenvalue weighted by Crippen LogP contribution is 2.38. The van der Waals surface area contributed by atoms with E-state index in [1.165, 1.54) is 25.5 Å². The highest BCUT2D eigenvalue weighted by atomic mass is 35.5. The summed E-state index contributed by atoms with van der Waals surface area (Å²) in [6, 6.07) is 0. The molecule has 1 heterocycles. The fourth-order valence-electron chi connectivity index (χ4n) is 2.86. The van der Waals surface area contributed by atoms with Crippen LogP contribution in [0, 0.1) is 11.8 Å². The first kappa shape index (κ1) is 14.6. The van der Waals surface area contributed by atoms with Crippen molar-refractivity contribution in [1.82, 2.24) is 4.31 Å². The van der Waals surface area contributed by atoms with Crippen LogP contribution in [0.15, 0.2) is 0 Å². The van der Waals surface area contributed by atoms with Crippen LogP contribution in [0.2, 0.25) is 0 Å². The molecular formula is C13H24ClNO2S. The predicted molar refractivity (Wildman–Crippen MR) is 75.4 cm³/mol. The number of alkyl halides is 1. The maximum Gasteiger partial charge on any atom is 0.211 e. The Hall–Kier alpha value is 0.200. The molecule has 0 amide bonds. The zero-order valence-corrected chi connectivity index (χ0v) is 12.7. The summed E-state index contributed by atoms with van der Waals surface area (Å²) in [6.45, 7) is 1.42. The Bertz CT molecular complexity index is 367. The third-order valence-electron chi connectivity index (χ3n) is 4.18. The molecule has 106 valence electrons. The summed E-state index contributed by atoms with van der Waals surface area (Å²) in [5, 5.41) is 0.361. The zero-order chi connectivity index (χ0) is 13.2. The van der Waals surface area contributed by atoms with E-state index in [-0.39, 0.29) is 0 Å². The summed E-state index contributed by atoms with van der Waals surface area (Å²) in [5.74, 6) is 1.31. The SMILES string of the molecule is CS(=O)(=O)N1CCCC(CCCC(Cl)C2CC2)C1. The lowest BCUT2D eigenvalue weighted by atomic mass is 9.93. The van der Waals surface area contributed by atoms with E-state index < -0.39 is 10.0 Å². The van der Waals surface area contributed by atoms with Crippen LogP contribution < -0.4 is 0 Å². The summed E-state index contributed by atoms with van der Waals surface area (Å²) < 4.78 is 24.7. The molecule has 5 heteroatoms. The van der Waals surface area contributed by atoms with Gasteiger partial charge in [-0.25, -0.2) is 12.7 Å². The quantitative estimate of drug-likeness (QED) is 0.706. The van der Waals surface area contributed by atoms with E-state index in [0.717, 1.165) is 38.1 Å². The molecule has 0 N–H and O–H groups in total. The van der Waals surface area contributed by atoms with Gasteiger partial charge in [0.15, 0.2) is 0 Å². The maximum absolute atomic E-state index is 11.5. The van der Waals surface area contributed by atoms with Gasteiger partial charge in [0, 0.05) is 18.5 Å². The lowest BCUT2D eigenvalue weighted by Crippen LogP contribution is -2.39. The van der Waals surface area contributed by atoms with Gasteiger partial charge in [0.1, 0.15) is 0 Å². The molecule has 2 rings (SSSR count). The lowest BCUT2D eigenvalue weighted by molar-refractivity contribution is 0.252. The minimum Gasteiger partial charge on any atom is -0.213 e. The van der Waals surface area contributed by atoms with Crippen molar-refractivity contribution in [2.75, 3.05) is 19.3 Å². The number of halogens is 1. The number of hydrogen-bond donors (Lipinski definition) is 0. The number of sulfonamides is 1. The first-order valence-electron chi connectivity index (χ1n) is 7.06. The number of piperidine rings is 1. The molecule has 2 aliphatic rings. The molecule has 0 aromatic carbocycles. The Labute approximate surface area is 116 Å². The van der Waals surface area contributed by atoms with Gasteiger partial charge in [-0.2, -0.15) is 0 Å². The van der Waals surface area contributed by atoms with Gasteiger partial charge in [-0.05, 0) is 50.4 Å². The molecule has 0 aromatic rings. The van der Waals surface area contributed by atoms with Crippen LogP contribution in [-0.4, -0.2) is 37.4 Å². The summed E-state index contributed by atoms with van der Waals surface area (Å²) in [5.41, 5.74) is 0. The van der Waals surface area contributed by atoms with Crippen LogP contribution in [0.1, 0.15) is 44.9 Å². The van der Waals surface area contributed by atoms with Crippen molar-refractivity contribution in [1.29, 1.82) is 0 Å². The fourth-order valence-corrected chi connectivity index (χ4v) is 4.21. The molecule has 1 aliphatic carbocycles. The van der Waals surface area contributed by atoms with Crippen molar-refractivity contribution in [3.05, 3.63) is 0 Å². The van der Waals surface area contributed by atoms with Gasteiger partial charge in [0.05, 0.1) is 6.26 Å². The molecule has 1 saturated carbocycles. The van der Waals surface area contributed by atoms with Gasteiger partial charge in [-0.15, -0.1) is 11.6 Å². The van der Waals surface area contributed by atoms with Crippen LogP contribution in [0.3, 0.4) is 0 Å². The fraction of sp³-hybridized carbons (Fsp3) is 1.00. The van der Waals surface area contributed by atoms with E-state index in [1.54, 1.807) is 4.31 Å². The summed E-state index contributed by atoms with van der Waals surface area (Å²) in [4.78, 5) is 0. The van der Waals surface area contributed by atoms with Gasteiger partial charge in [0.2, 0.25) is 10.0 Å². The van der Waals surface area contributed by atoms with E-state index in [0.29, 0.717) is 17.8 Å². The molecule has 18 heavy (non-hydrogen) atoms. The smallest absolute Gasteiger partial charge is 0.211 e. The van der Waals surface area contributed by atoms with Crippen molar-refractivity contribution >= 4 is 21.6 Å². The van der Waals surface area contributed by atoms with Crippen LogP contribution >= 0.6 is 11.6 Å². The van der Waals surface area contributed by atoms with Gasteiger partial charge < -0.3 is 0 Å². The third kappa shape index (κ3) is 4.39. The van der Waals surface area contributed by atoms with Crippen LogP contribution in [0.4, 0.5) is 0 Å². The molecule has 1 aliphatic heterocycles. The first-order valence-corrected chi connectivity index (χ1v) is 9.34. The van der Waals surface area contributed by atoms with Crippen molar-refractivity contribution in [2.45, 2.75) is 50.3 Å². The monoisotopic (exact) mass is 293 g/mol. The Balaban J connectivity index is 1.69.